The molecule has 1 unspecified atom stereocenters. The van der Waals surface area contributed by atoms with Gasteiger partial charge in [0.1, 0.15) is 5.60 Å². The van der Waals surface area contributed by atoms with Gasteiger partial charge in [0.25, 0.3) is 0 Å². The van der Waals surface area contributed by atoms with Crippen molar-refractivity contribution < 1.29 is 14.6 Å². The lowest BCUT2D eigenvalue weighted by Crippen LogP contribution is -2.32. The first-order valence-corrected chi connectivity index (χ1v) is 5.85. The van der Waals surface area contributed by atoms with Crippen LogP contribution in [0.25, 0.3) is 0 Å². The number of carbonyl (C=O) groups is 1. The number of rotatable bonds is 3. The third kappa shape index (κ3) is 4.94. The molecule has 1 aliphatic rings. The summed E-state index contributed by atoms with van der Waals surface area (Å²) in [6.45, 7) is 9.61. The van der Waals surface area contributed by atoms with Gasteiger partial charge in [-0.15, -0.1) is 0 Å². The Labute approximate surface area is 97.6 Å². The molecule has 0 radical (unpaired) electrons. The second-order valence-electron chi connectivity index (χ2n) is 5.86. The second-order valence-corrected chi connectivity index (χ2v) is 5.86. The maximum absolute atomic E-state index is 11.5. The third-order valence-electron chi connectivity index (χ3n) is 2.58. The fourth-order valence-electron chi connectivity index (χ4n) is 1.87. The molecule has 0 aromatic carbocycles. The van der Waals surface area contributed by atoms with Crippen LogP contribution in [0.4, 0.5) is 0 Å². The van der Waals surface area contributed by atoms with E-state index in [2.05, 4.69) is 4.90 Å². The highest BCUT2D eigenvalue weighted by atomic mass is 16.6. The molecule has 1 heterocycles. The van der Waals surface area contributed by atoms with E-state index in [9.17, 15) is 9.90 Å². The summed E-state index contributed by atoms with van der Waals surface area (Å²) < 4.78 is 5.22. The maximum Gasteiger partial charge on any atom is 0.307 e. The maximum atomic E-state index is 11.5. The highest BCUT2D eigenvalue weighted by molar-refractivity contribution is 5.70. The number of ether oxygens (including phenoxy) is 1. The Morgan fingerprint density at radius 2 is 2.12 bits per heavy atom. The van der Waals surface area contributed by atoms with Crippen molar-refractivity contribution >= 4 is 5.97 Å². The molecular weight excluding hydrogens is 206 g/mol. The molecule has 1 aliphatic heterocycles. The van der Waals surface area contributed by atoms with Crippen molar-refractivity contribution in [3.8, 4) is 0 Å². The molecule has 4 heteroatoms. The highest BCUT2D eigenvalue weighted by Gasteiger charge is 2.31. The molecule has 1 saturated heterocycles. The zero-order chi connectivity index (χ0) is 12.4. The van der Waals surface area contributed by atoms with Crippen LogP contribution in [0.5, 0.6) is 0 Å². The van der Waals surface area contributed by atoms with Gasteiger partial charge in [-0.3, -0.25) is 9.69 Å². The predicted molar refractivity (Wildman–Crippen MR) is 62.1 cm³/mol. The van der Waals surface area contributed by atoms with Crippen molar-refractivity contribution in [3.05, 3.63) is 0 Å². The SMILES string of the molecule is CC1(O)CCN(CCC(=O)OC(C)(C)C)C1. The zero-order valence-corrected chi connectivity index (χ0v) is 10.7. The molecule has 4 nitrogen and oxygen atoms in total. The summed E-state index contributed by atoms with van der Waals surface area (Å²) in [5.41, 5.74) is -0.998. The van der Waals surface area contributed by atoms with Crippen LogP contribution < -0.4 is 0 Å². The summed E-state index contributed by atoms with van der Waals surface area (Å²) >= 11 is 0. The van der Waals surface area contributed by atoms with Gasteiger partial charge in [-0.05, 0) is 34.1 Å². The summed E-state index contributed by atoms with van der Waals surface area (Å²) in [6, 6.07) is 0. The normalized spacial score (nSPS) is 27.1. The predicted octanol–water partition coefficient (Wildman–Crippen LogP) is 1.17. The molecule has 16 heavy (non-hydrogen) atoms. The van der Waals surface area contributed by atoms with Gasteiger partial charge in [-0.25, -0.2) is 0 Å². The van der Waals surface area contributed by atoms with Crippen molar-refractivity contribution in [3.63, 3.8) is 0 Å². The molecule has 0 aromatic heterocycles. The zero-order valence-electron chi connectivity index (χ0n) is 10.7. The Balaban J connectivity index is 2.23. The van der Waals surface area contributed by atoms with Crippen LogP contribution in [0.15, 0.2) is 0 Å². The molecule has 94 valence electrons. The largest absolute Gasteiger partial charge is 0.460 e. The summed E-state index contributed by atoms with van der Waals surface area (Å²) in [5, 5.41) is 9.76. The van der Waals surface area contributed by atoms with E-state index in [0.29, 0.717) is 19.5 Å². The molecule has 0 bridgehead atoms. The average Bonchev–Trinajstić information content (AvgIpc) is 2.39. The van der Waals surface area contributed by atoms with Crippen LogP contribution >= 0.6 is 0 Å². The first-order chi connectivity index (χ1) is 7.18. The Kier molecular flexibility index (Phi) is 3.97. The van der Waals surface area contributed by atoms with Crippen molar-refractivity contribution in [1.29, 1.82) is 0 Å². The van der Waals surface area contributed by atoms with Crippen molar-refractivity contribution in [2.45, 2.75) is 51.7 Å². The number of aliphatic hydroxyl groups is 1. The fraction of sp³-hybridized carbons (Fsp3) is 0.917. The molecule has 1 N–H and O–H groups in total. The van der Waals surface area contributed by atoms with Crippen LogP contribution in [0.1, 0.15) is 40.5 Å². The monoisotopic (exact) mass is 229 g/mol. The minimum Gasteiger partial charge on any atom is -0.460 e. The summed E-state index contributed by atoms with van der Waals surface area (Å²) in [4.78, 5) is 13.6. The Morgan fingerprint density at radius 1 is 1.50 bits per heavy atom. The lowest BCUT2D eigenvalue weighted by Gasteiger charge is -2.21. The van der Waals surface area contributed by atoms with Gasteiger partial charge in [0.05, 0.1) is 12.0 Å². The van der Waals surface area contributed by atoms with E-state index in [1.807, 2.05) is 27.7 Å². The first-order valence-electron chi connectivity index (χ1n) is 5.85. The molecule has 1 rings (SSSR count). The topological polar surface area (TPSA) is 49.8 Å². The molecule has 0 saturated carbocycles. The van der Waals surface area contributed by atoms with Gasteiger partial charge in [0.15, 0.2) is 0 Å². The summed E-state index contributed by atoms with van der Waals surface area (Å²) in [7, 11) is 0. The second kappa shape index (κ2) is 4.72. The van der Waals surface area contributed by atoms with Crippen molar-refractivity contribution in [2.75, 3.05) is 19.6 Å². The van der Waals surface area contributed by atoms with E-state index in [1.165, 1.54) is 0 Å². The standard InChI is InChI=1S/C12H23NO3/c1-11(2,3)16-10(14)5-7-13-8-6-12(4,15)9-13/h15H,5-9H2,1-4H3. The van der Waals surface area contributed by atoms with Gasteiger partial charge < -0.3 is 9.84 Å². The van der Waals surface area contributed by atoms with Crippen LogP contribution in [0, 0.1) is 0 Å². The van der Waals surface area contributed by atoms with Gasteiger partial charge in [-0.2, -0.15) is 0 Å². The number of carbonyl (C=O) groups excluding carboxylic acids is 1. The lowest BCUT2D eigenvalue weighted by atomic mass is 10.1. The molecule has 0 spiro atoms. The summed E-state index contributed by atoms with van der Waals surface area (Å²) in [6.07, 6.45) is 1.18. The van der Waals surface area contributed by atoms with Crippen molar-refractivity contribution in [1.82, 2.24) is 4.90 Å². The van der Waals surface area contributed by atoms with E-state index in [4.69, 9.17) is 4.74 Å². The third-order valence-corrected chi connectivity index (χ3v) is 2.58. The molecule has 1 atom stereocenters. The average molecular weight is 229 g/mol. The van der Waals surface area contributed by atoms with E-state index < -0.39 is 11.2 Å². The van der Waals surface area contributed by atoms with Crippen LogP contribution in [0.3, 0.4) is 0 Å². The molecule has 0 aromatic rings. The van der Waals surface area contributed by atoms with Crippen LogP contribution in [-0.4, -0.2) is 46.8 Å². The molecule has 0 aliphatic carbocycles. The Hall–Kier alpha value is -0.610. The molecular formula is C12H23NO3. The van der Waals surface area contributed by atoms with Crippen molar-refractivity contribution in [2.24, 2.45) is 0 Å². The van der Waals surface area contributed by atoms with E-state index >= 15 is 0 Å². The van der Waals surface area contributed by atoms with E-state index in [1.54, 1.807) is 0 Å². The summed E-state index contributed by atoms with van der Waals surface area (Å²) in [5.74, 6) is -0.168. The quantitative estimate of drug-likeness (QED) is 0.738. The molecule has 0 amide bonds. The number of esters is 1. The lowest BCUT2D eigenvalue weighted by molar-refractivity contribution is -0.155. The van der Waals surface area contributed by atoms with Gasteiger partial charge in [-0.1, -0.05) is 0 Å². The number of β-amino-alcohol motifs (C(OH)–C–C–N with tert-alkyl or cyclic N) is 1. The minimum absolute atomic E-state index is 0.168. The van der Waals surface area contributed by atoms with E-state index in [-0.39, 0.29) is 5.97 Å². The van der Waals surface area contributed by atoms with E-state index in [0.717, 1.165) is 13.0 Å². The number of hydrogen-bond donors (Lipinski definition) is 1. The van der Waals surface area contributed by atoms with Crippen LogP contribution in [0.2, 0.25) is 0 Å². The minimum atomic E-state index is -0.589. The van der Waals surface area contributed by atoms with Gasteiger partial charge >= 0.3 is 5.97 Å². The first kappa shape index (κ1) is 13.5. The van der Waals surface area contributed by atoms with Crippen LogP contribution in [-0.2, 0) is 9.53 Å². The number of hydrogen-bond acceptors (Lipinski definition) is 4. The number of likely N-dealkylation sites (tertiary alicyclic amines) is 1. The number of nitrogens with zero attached hydrogens (tertiary/aromatic N) is 1. The smallest absolute Gasteiger partial charge is 0.307 e. The highest BCUT2D eigenvalue weighted by Crippen LogP contribution is 2.20. The fourth-order valence-corrected chi connectivity index (χ4v) is 1.87. The van der Waals surface area contributed by atoms with Gasteiger partial charge in [0, 0.05) is 19.6 Å². The Morgan fingerprint density at radius 3 is 2.56 bits per heavy atom. The van der Waals surface area contributed by atoms with Gasteiger partial charge in [0.2, 0.25) is 0 Å². The molecule has 1 fully saturated rings. The Bertz CT molecular complexity index is 255.